The maximum atomic E-state index is 10.6. The monoisotopic (exact) mass is 181 g/mol. The molecule has 0 aromatic carbocycles. The van der Waals surface area contributed by atoms with E-state index in [1.807, 2.05) is 0 Å². The maximum Gasteiger partial charge on any atom is 0.293 e. The number of rotatable bonds is 1. The van der Waals surface area contributed by atoms with Crippen LogP contribution in [0.4, 0.5) is 0 Å². The first kappa shape index (κ1) is 8.57. The summed E-state index contributed by atoms with van der Waals surface area (Å²) in [6.45, 7) is 1.06. The summed E-state index contributed by atoms with van der Waals surface area (Å²) in [7, 11) is -1.90. The zero-order valence-electron chi connectivity index (χ0n) is 5.63. The molecular formula is C4H7NO5S. The van der Waals surface area contributed by atoms with E-state index < -0.39 is 32.1 Å². The number of aliphatic hydroxyl groups is 2. The van der Waals surface area contributed by atoms with E-state index in [-0.39, 0.29) is 0 Å². The van der Waals surface area contributed by atoms with Crippen molar-refractivity contribution in [3.63, 3.8) is 0 Å². The normalized spacial score (nSPS) is 49.9. The first-order valence-electron chi connectivity index (χ1n) is 2.82. The number of nitro groups is 1. The lowest BCUT2D eigenvalue weighted by Gasteiger charge is -2.38. The maximum absolute atomic E-state index is 10.6. The second-order valence-corrected chi connectivity index (χ2v) is 4.07. The van der Waals surface area contributed by atoms with Crippen LogP contribution in [-0.4, -0.2) is 35.8 Å². The predicted molar refractivity (Wildman–Crippen MR) is 35.6 cm³/mol. The standard InChI is InChI=1S/C4H7NO5S/c1-4(5(8)9)2(6)11(10)3(4)7/h2-3,6-7H,1H3. The third kappa shape index (κ3) is 0.815. The molecule has 1 aliphatic rings. The Bertz CT molecular complexity index is 217. The SMILES string of the molecule is CC1([N+](=O)[O-])C(O)S(=O)C1O. The molecule has 2 N–H and O–H groups in total. The van der Waals surface area contributed by atoms with Crippen LogP contribution in [0.5, 0.6) is 0 Å². The average molecular weight is 181 g/mol. The van der Waals surface area contributed by atoms with Crippen LogP contribution in [0.3, 0.4) is 0 Å². The van der Waals surface area contributed by atoms with E-state index in [1.54, 1.807) is 0 Å². The van der Waals surface area contributed by atoms with Gasteiger partial charge < -0.3 is 10.2 Å². The molecule has 2 unspecified atom stereocenters. The summed E-state index contributed by atoms with van der Waals surface area (Å²) >= 11 is 0. The van der Waals surface area contributed by atoms with Gasteiger partial charge in [0.25, 0.3) is 5.54 Å². The summed E-state index contributed by atoms with van der Waals surface area (Å²) < 4.78 is 10.6. The summed E-state index contributed by atoms with van der Waals surface area (Å²) in [6.07, 6.45) is 0. The molecule has 0 aromatic heterocycles. The van der Waals surface area contributed by atoms with Crippen molar-refractivity contribution < 1.29 is 19.3 Å². The average Bonchev–Trinajstić information content (AvgIpc) is 1.99. The molecule has 2 atom stereocenters. The predicted octanol–water partition coefficient (Wildman–Crippen LogP) is -1.58. The second kappa shape index (κ2) is 2.23. The van der Waals surface area contributed by atoms with Gasteiger partial charge in [0, 0.05) is 11.8 Å². The van der Waals surface area contributed by atoms with E-state index in [2.05, 4.69) is 0 Å². The summed E-state index contributed by atoms with van der Waals surface area (Å²) in [5.74, 6) is 0. The lowest BCUT2D eigenvalue weighted by atomic mass is 10.1. The van der Waals surface area contributed by atoms with E-state index in [0.717, 1.165) is 6.92 Å². The van der Waals surface area contributed by atoms with E-state index in [9.17, 15) is 14.3 Å². The van der Waals surface area contributed by atoms with Crippen LogP contribution in [0.25, 0.3) is 0 Å². The Balaban J connectivity index is 2.91. The van der Waals surface area contributed by atoms with Gasteiger partial charge in [-0.1, -0.05) is 0 Å². The van der Waals surface area contributed by atoms with E-state index >= 15 is 0 Å². The van der Waals surface area contributed by atoms with Crippen LogP contribution < -0.4 is 0 Å². The molecule has 0 aromatic rings. The van der Waals surface area contributed by atoms with Crippen LogP contribution in [0, 0.1) is 10.1 Å². The molecule has 1 heterocycles. The van der Waals surface area contributed by atoms with Gasteiger partial charge in [0.15, 0.2) is 0 Å². The van der Waals surface area contributed by atoms with Crippen molar-refractivity contribution in [2.75, 3.05) is 0 Å². The number of hydrogen-bond donors (Lipinski definition) is 2. The third-order valence-electron chi connectivity index (χ3n) is 1.83. The fourth-order valence-corrected chi connectivity index (χ4v) is 2.21. The van der Waals surface area contributed by atoms with Gasteiger partial charge in [0.2, 0.25) is 10.9 Å². The topological polar surface area (TPSA) is 101 Å². The van der Waals surface area contributed by atoms with Crippen molar-refractivity contribution in [3.8, 4) is 0 Å². The first-order valence-corrected chi connectivity index (χ1v) is 4.10. The number of aliphatic hydroxyl groups excluding tert-OH is 2. The Morgan fingerprint density at radius 2 is 1.91 bits per heavy atom. The summed E-state index contributed by atoms with van der Waals surface area (Å²) in [4.78, 5) is 9.41. The molecule has 11 heavy (non-hydrogen) atoms. The molecule has 1 fully saturated rings. The first-order chi connectivity index (χ1) is 4.92. The molecule has 0 amide bonds. The molecule has 0 aliphatic carbocycles. The van der Waals surface area contributed by atoms with Crippen molar-refractivity contribution >= 4 is 10.8 Å². The number of hydrogen-bond acceptors (Lipinski definition) is 5. The molecule has 0 bridgehead atoms. The van der Waals surface area contributed by atoms with Crippen LogP contribution in [-0.2, 0) is 10.8 Å². The van der Waals surface area contributed by atoms with E-state index in [4.69, 9.17) is 10.2 Å². The molecule has 7 heteroatoms. The summed E-state index contributed by atoms with van der Waals surface area (Å²) in [5, 5.41) is 28.0. The van der Waals surface area contributed by atoms with Crippen molar-refractivity contribution in [3.05, 3.63) is 10.1 Å². The highest BCUT2D eigenvalue weighted by Gasteiger charge is 2.68. The van der Waals surface area contributed by atoms with Crippen LogP contribution in [0.2, 0.25) is 0 Å². The van der Waals surface area contributed by atoms with Gasteiger partial charge in [-0.05, 0) is 0 Å². The quantitative estimate of drug-likeness (QED) is 0.375. The van der Waals surface area contributed by atoms with Gasteiger partial charge >= 0.3 is 0 Å². The van der Waals surface area contributed by atoms with Crippen molar-refractivity contribution in [2.24, 2.45) is 0 Å². The molecule has 0 saturated carbocycles. The Labute approximate surface area is 64.4 Å². The van der Waals surface area contributed by atoms with Crippen LogP contribution in [0.15, 0.2) is 0 Å². The third-order valence-corrected chi connectivity index (χ3v) is 3.67. The van der Waals surface area contributed by atoms with Gasteiger partial charge in [0.05, 0.1) is 10.8 Å². The number of nitrogens with zero attached hydrogens (tertiary/aromatic N) is 1. The lowest BCUT2D eigenvalue weighted by Crippen LogP contribution is -2.69. The largest absolute Gasteiger partial charge is 0.373 e. The molecule has 0 spiro atoms. The Hall–Kier alpha value is -0.530. The van der Waals surface area contributed by atoms with Crippen LogP contribution in [0.1, 0.15) is 6.92 Å². The van der Waals surface area contributed by atoms with E-state index in [0.29, 0.717) is 0 Å². The molecular weight excluding hydrogens is 174 g/mol. The van der Waals surface area contributed by atoms with Crippen molar-refractivity contribution in [1.29, 1.82) is 0 Å². The van der Waals surface area contributed by atoms with Gasteiger partial charge in [0.1, 0.15) is 0 Å². The van der Waals surface area contributed by atoms with Gasteiger partial charge in [-0.25, -0.2) is 0 Å². The minimum atomic E-state index is -1.90. The molecule has 1 rings (SSSR count). The van der Waals surface area contributed by atoms with Gasteiger partial charge in [-0.15, -0.1) is 0 Å². The molecule has 1 aliphatic heterocycles. The fraction of sp³-hybridized carbons (Fsp3) is 1.00. The molecule has 0 radical (unpaired) electrons. The fourth-order valence-electron chi connectivity index (χ4n) is 0.822. The van der Waals surface area contributed by atoms with Crippen molar-refractivity contribution in [1.82, 2.24) is 0 Å². The highest BCUT2D eigenvalue weighted by molar-refractivity contribution is 7.87. The highest BCUT2D eigenvalue weighted by Crippen LogP contribution is 2.35. The molecule has 64 valence electrons. The zero-order chi connectivity index (χ0) is 8.81. The minimum absolute atomic E-state index is 0.816. The Morgan fingerprint density at radius 1 is 1.55 bits per heavy atom. The molecule has 6 nitrogen and oxygen atoms in total. The summed E-state index contributed by atoms with van der Waals surface area (Å²) in [5.41, 5.74) is -4.98. The zero-order valence-corrected chi connectivity index (χ0v) is 6.45. The van der Waals surface area contributed by atoms with Gasteiger partial charge in [-0.2, -0.15) is 0 Å². The summed E-state index contributed by atoms with van der Waals surface area (Å²) in [6, 6.07) is 0. The second-order valence-electron chi connectivity index (χ2n) is 2.52. The molecule has 1 saturated heterocycles. The highest BCUT2D eigenvalue weighted by atomic mass is 32.2. The smallest absolute Gasteiger partial charge is 0.293 e. The van der Waals surface area contributed by atoms with Crippen LogP contribution >= 0.6 is 0 Å². The Morgan fingerprint density at radius 3 is 2.09 bits per heavy atom. The lowest BCUT2D eigenvalue weighted by molar-refractivity contribution is -0.585. The van der Waals surface area contributed by atoms with E-state index in [1.165, 1.54) is 0 Å². The van der Waals surface area contributed by atoms with Crippen molar-refractivity contribution in [2.45, 2.75) is 23.3 Å². The minimum Gasteiger partial charge on any atom is -0.373 e. The Kier molecular flexibility index (Phi) is 1.73. The van der Waals surface area contributed by atoms with Gasteiger partial charge in [-0.3, -0.25) is 14.3 Å².